The van der Waals surface area contributed by atoms with Gasteiger partial charge in [-0.15, -0.1) is 18.3 Å². The second-order valence-corrected chi connectivity index (χ2v) is 7.15. The van der Waals surface area contributed by atoms with Crippen molar-refractivity contribution in [2.45, 2.75) is 46.5 Å². The average molecular weight is 414 g/mol. The number of halogens is 4. The lowest BCUT2D eigenvalue weighted by Gasteiger charge is -2.17. The van der Waals surface area contributed by atoms with Crippen molar-refractivity contribution in [1.29, 1.82) is 0 Å². The SMILES string of the molecule is CCn1c(-c2ccc(Cl)cc2OC(F)(F)F)nn2c(C)cc(C(C)C)c2c1=O. The Morgan fingerprint density at radius 3 is 2.50 bits per heavy atom. The maximum absolute atomic E-state index is 13.2. The van der Waals surface area contributed by atoms with Crippen molar-refractivity contribution < 1.29 is 17.9 Å². The molecule has 2 aromatic heterocycles. The molecule has 0 aliphatic carbocycles. The Hall–Kier alpha value is -2.48. The van der Waals surface area contributed by atoms with Crippen LogP contribution in [0.3, 0.4) is 0 Å². The van der Waals surface area contributed by atoms with Crippen LogP contribution >= 0.6 is 11.6 Å². The fourth-order valence-electron chi connectivity index (χ4n) is 3.19. The first-order valence-corrected chi connectivity index (χ1v) is 9.10. The van der Waals surface area contributed by atoms with Crippen LogP contribution in [-0.4, -0.2) is 20.5 Å². The lowest BCUT2D eigenvalue weighted by molar-refractivity contribution is -0.274. The number of fused-ring (bicyclic) bond motifs is 1. The second-order valence-electron chi connectivity index (χ2n) is 6.72. The molecule has 3 rings (SSSR count). The zero-order valence-corrected chi connectivity index (χ0v) is 16.5. The molecular weight excluding hydrogens is 395 g/mol. The highest BCUT2D eigenvalue weighted by Gasteiger charge is 2.33. The summed E-state index contributed by atoms with van der Waals surface area (Å²) >= 11 is 5.86. The summed E-state index contributed by atoms with van der Waals surface area (Å²) < 4.78 is 45.6. The molecule has 1 aromatic carbocycles. The second kappa shape index (κ2) is 7.16. The minimum absolute atomic E-state index is 0.0294. The van der Waals surface area contributed by atoms with E-state index >= 15 is 0 Å². The molecule has 0 saturated carbocycles. The minimum Gasteiger partial charge on any atom is -0.405 e. The summed E-state index contributed by atoms with van der Waals surface area (Å²) in [6, 6.07) is 5.72. The maximum atomic E-state index is 13.2. The monoisotopic (exact) mass is 413 g/mol. The predicted octanol–water partition coefficient (Wildman–Crippen LogP) is 5.17. The van der Waals surface area contributed by atoms with Crippen LogP contribution in [-0.2, 0) is 6.54 Å². The standard InChI is InChI=1S/C19H19ClF3N3O2/c1-5-25-17(13-7-6-12(20)9-15(13)28-19(21,22)23)24-26-11(4)8-14(10(2)3)16(26)18(25)27/h6-10H,5H2,1-4H3. The van der Waals surface area contributed by atoms with Crippen LogP contribution in [0.1, 0.15) is 37.9 Å². The van der Waals surface area contributed by atoms with Gasteiger partial charge in [0, 0.05) is 17.3 Å². The Morgan fingerprint density at radius 1 is 1.25 bits per heavy atom. The number of hydrogen-bond donors (Lipinski definition) is 0. The molecular formula is C19H19ClF3N3O2. The van der Waals surface area contributed by atoms with E-state index < -0.39 is 12.1 Å². The number of ether oxygens (including phenoxy) is 1. The van der Waals surface area contributed by atoms with Crippen molar-refractivity contribution in [3.05, 3.63) is 50.9 Å². The van der Waals surface area contributed by atoms with E-state index in [-0.39, 0.29) is 34.4 Å². The van der Waals surface area contributed by atoms with Gasteiger partial charge in [0.1, 0.15) is 11.3 Å². The molecule has 3 aromatic rings. The molecule has 5 nitrogen and oxygen atoms in total. The van der Waals surface area contributed by atoms with Crippen molar-refractivity contribution in [2.24, 2.45) is 0 Å². The summed E-state index contributed by atoms with van der Waals surface area (Å²) in [5.41, 5.74) is 1.68. The summed E-state index contributed by atoms with van der Waals surface area (Å²) in [6.07, 6.45) is -4.91. The largest absolute Gasteiger partial charge is 0.573 e. The number of aromatic nitrogens is 3. The summed E-state index contributed by atoms with van der Waals surface area (Å²) in [5.74, 6) is -0.346. The van der Waals surface area contributed by atoms with Gasteiger partial charge in [0.25, 0.3) is 5.56 Å². The molecule has 28 heavy (non-hydrogen) atoms. The third-order valence-electron chi connectivity index (χ3n) is 4.43. The number of hydrogen-bond acceptors (Lipinski definition) is 3. The summed E-state index contributed by atoms with van der Waals surface area (Å²) in [7, 11) is 0. The van der Waals surface area contributed by atoms with Gasteiger partial charge in [-0.25, -0.2) is 4.52 Å². The summed E-state index contributed by atoms with van der Waals surface area (Å²) in [4.78, 5) is 13.2. The lowest BCUT2D eigenvalue weighted by atomic mass is 10.1. The maximum Gasteiger partial charge on any atom is 0.573 e. The fourth-order valence-corrected chi connectivity index (χ4v) is 3.35. The summed E-state index contributed by atoms with van der Waals surface area (Å²) in [6.45, 7) is 7.68. The molecule has 0 radical (unpaired) electrons. The van der Waals surface area contributed by atoms with Crippen LogP contribution in [0, 0.1) is 6.92 Å². The van der Waals surface area contributed by atoms with Gasteiger partial charge in [-0.05, 0) is 49.6 Å². The molecule has 0 bridgehead atoms. The molecule has 0 N–H and O–H groups in total. The third-order valence-corrected chi connectivity index (χ3v) is 4.67. The molecule has 0 spiro atoms. The smallest absolute Gasteiger partial charge is 0.405 e. The van der Waals surface area contributed by atoms with Crippen molar-refractivity contribution in [1.82, 2.24) is 14.2 Å². The molecule has 0 amide bonds. The Kier molecular flexibility index (Phi) is 5.18. The van der Waals surface area contributed by atoms with Gasteiger partial charge >= 0.3 is 6.36 Å². The van der Waals surface area contributed by atoms with E-state index in [0.29, 0.717) is 11.2 Å². The molecule has 0 aliphatic heterocycles. The number of benzene rings is 1. The van der Waals surface area contributed by atoms with Crippen LogP contribution in [0.15, 0.2) is 29.1 Å². The molecule has 0 atom stereocenters. The number of alkyl halides is 3. The fraction of sp³-hybridized carbons (Fsp3) is 0.368. The number of nitrogens with zero attached hydrogens (tertiary/aromatic N) is 3. The van der Waals surface area contributed by atoms with E-state index in [9.17, 15) is 18.0 Å². The van der Waals surface area contributed by atoms with Gasteiger partial charge < -0.3 is 4.74 Å². The van der Waals surface area contributed by atoms with Crippen molar-refractivity contribution in [3.63, 3.8) is 0 Å². The number of rotatable bonds is 4. The van der Waals surface area contributed by atoms with E-state index in [1.807, 2.05) is 19.9 Å². The summed E-state index contributed by atoms with van der Waals surface area (Å²) in [5, 5.41) is 4.57. The first kappa shape index (κ1) is 20.3. The Morgan fingerprint density at radius 2 is 1.93 bits per heavy atom. The Labute approximate surface area is 164 Å². The molecule has 0 unspecified atom stereocenters. The molecule has 2 heterocycles. The van der Waals surface area contributed by atoms with Crippen LogP contribution in [0.5, 0.6) is 5.75 Å². The van der Waals surface area contributed by atoms with Gasteiger partial charge in [0.15, 0.2) is 5.82 Å². The van der Waals surface area contributed by atoms with Crippen LogP contribution in [0.4, 0.5) is 13.2 Å². The lowest BCUT2D eigenvalue weighted by Crippen LogP contribution is -2.26. The zero-order valence-electron chi connectivity index (χ0n) is 15.8. The molecule has 9 heteroatoms. The highest BCUT2D eigenvalue weighted by Crippen LogP contribution is 2.35. The van der Waals surface area contributed by atoms with E-state index in [1.54, 1.807) is 13.8 Å². The van der Waals surface area contributed by atoms with E-state index in [2.05, 4.69) is 9.84 Å². The molecule has 150 valence electrons. The van der Waals surface area contributed by atoms with Gasteiger partial charge in [0.2, 0.25) is 0 Å². The Balaban J connectivity index is 2.36. The van der Waals surface area contributed by atoms with Crippen LogP contribution < -0.4 is 10.3 Å². The van der Waals surface area contributed by atoms with E-state index in [1.165, 1.54) is 21.2 Å². The normalized spacial score (nSPS) is 12.2. The van der Waals surface area contributed by atoms with Crippen molar-refractivity contribution >= 4 is 17.1 Å². The van der Waals surface area contributed by atoms with Gasteiger partial charge in [-0.3, -0.25) is 9.36 Å². The van der Waals surface area contributed by atoms with Gasteiger partial charge in [-0.1, -0.05) is 25.4 Å². The first-order valence-electron chi connectivity index (χ1n) is 8.72. The molecule has 0 aliphatic rings. The quantitative estimate of drug-likeness (QED) is 0.593. The zero-order chi connectivity index (χ0) is 20.8. The predicted molar refractivity (Wildman–Crippen MR) is 101 cm³/mol. The third kappa shape index (κ3) is 3.61. The minimum atomic E-state index is -4.91. The van der Waals surface area contributed by atoms with Crippen molar-refractivity contribution in [3.8, 4) is 17.1 Å². The highest BCUT2D eigenvalue weighted by atomic mass is 35.5. The Bertz CT molecular complexity index is 1100. The van der Waals surface area contributed by atoms with Crippen LogP contribution in [0.25, 0.3) is 16.9 Å². The highest BCUT2D eigenvalue weighted by molar-refractivity contribution is 6.30. The number of aryl methyl sites for hydroxylation is 1. The van der Waals surface area contributed by atoms with Gasteiger partial charge in [-0.2, -0.15) is 0 Å². The molecule has 0 fully saturated rings. The van der Waals surface area contributed by atoms with Crippen molar-refractivity contribution in [2.75, 3.05) is 0 Å². The van der Waals surface area contributed by atoms with Crippen LogP contribution in [0.2, 0.25) is 5.02 Å². The first-order chi connectivity index (χ1) is 13.0. The molecule has 0 saturated heterocycles. The van der Waals surface area contributed by atoms with E-state index in [4.69, 9.17) is 11.6 Å². The van der Waals surface area contributed by atoms with Gasteiger partial charge in [0.05, 0.1) is 5.56 Å². The van der Waals surface area contributed by atoms with E-state index in [0.717, 1.165) is 11.6 Å². The average Bonchev–Trinajstić information content (AvgIpc) is 2.91. The topological polar surface area (TPSA) is 48.5 Å².